The van der Waals surface area contributed by atoms with E-state index in [9.17, 15) is 9.59 Å². The number of carbonyl (C=O) groups is 2. The SMILES string of the molecule is C=C1c2ccccc2C(=O)N1CCN(CCC)CCC(=O)OCC. The minimum absolute atomic E-state index is 0.0115. The van der Waals surface area contributed by atoms with Crippen molar-refractivity contribution in [3.05, 3.63) is 42.0 Å². The first kappa shape index (κ1) is 18.2. The smallest absolute Gasteiger partial charge is 0.307 e. The van der Waals surface area contributed by atoms with Gasteiger partial charge in [0.25, 0.3) is 5.91 Å². The molecule has 130 valence electrons. The number of carbonyl (C=O) groups excluding carboxylic acids is 2. The molecule has 0 radical (unpaired) electrons. The van der Waals surface area contributed by atoms with Gasteiger partial charge in [0, 0.05) is 36.5 Å². The summed E-state index contributed by atoms with van der Waals surface area (Å²) in [6.07, 6.45) is 1.38. The summed E-state index contributed by atoms with van der Waals surface area (Å²) in [6.45, 7) is 11.2. The van der Waals surface area contributed by atoms with Crippen LogP contribution in [-0.2, 0) is 9.53 Å². The molecule has 5 nitrogen and oxygen atoms in total. The molecule has 1 aliphatic heterocycles. The second kappa shape index (κ2) is 8.64. The Hall–Kier alpha value is -2.14. The van der Waals surface area contributed by atoms with E-state index in [-0.39, 0.29) is 11.9 Å². The lowest BCUT2D eigenvalue weighted by molar-refractivity contribution is -0.143. The van der Waals surface area contributed by atoms with Gasteiger partial charge in [-0.3, -0.25) is 9.59 Å². The average Bonchev–Trinajstić information content (AvgIpc) is 2.82. The van der Waals surface area contributed by atoms with Crippen LogP contribution in [0.25, 0.3) is 5.70 Å². The number of esters is 1. The number of hydrogen-bond donors (Lipinski definition) is 0. The van der Waals surface area contributed by atoms with Crippen LogP contribution >= 0.6 is 0 Å². The summed E-state index contributed by atoms with van der Waals surface area (Å²) in [4.78, 5) is 28.0. The standard InChI is InChI=1S/C19H26N2O3/c1-4-11-20(12-10-18(22)24-5-2)13-14-21-15(3)16-8-6-7-9-17(16)19(21)23/h6-9H,3-5,10-14H2,1-2H3. The number of ether oxygens (including phenoxy) is 1. The topological polar surface area (TPSA) is 49.9 Å². The van der Waals surface area contributed by atoms with Crippen LogP contribution in [-0.4, -0.2) is 54.5 Å². The second-order valence-electron chi connectivity index (χ2n) is 5.85. The van der Waals surface area contributed by atoms with Crippen molar-refractivity contribution < 1.29 is 14.3 Å². The summed E-state index contributed by atoms with van der Waals surface area (Å²) in [5, 5.41) is 0. The quantitative estimate of drug-likeness (QED) is 0.653. The number of rotatable bonds is 9. The van der Waals surface area contributed by atoms with Crippen molar-refractivity contribution in [3.8, 4) is 0 Å². The monoisotopic (exact) mass is 330 g/mol. The highest BCUT2D eigenvalue weighted by molar-refractivity contribution is 6.08. The molecule has 0 unspecified atom stereocenters. The zero-order valence-electron chi connectivity index (χ0n) is 14.6. The molecule has 1 aromatic rings. The number of benzene rings is 1. The molecule has 2 rings (SSSR count). The Balaban J connectivity index is 1.91. The van der Waals surface area contributed by atoms with Crippen LogP contribution in [0, 0.1) is 0 Å². The van der Waals surface area contributed by atoms with Gasteiger partial charge in [-0.25, -0.2) is 0 Å². The highest BCUT2D eigenvalue weighted by Gasteiger charge is 2.30. The summed E-state index contributed by atoms with van der Waals surface area (Å²) < 4.78 is 4.98. The van der Waals surface area contributed by atoms with Gasteiger partial charge < -0.3 is 14.5 Å². The van der Waals surface area contributed by atoms with Crippen molar-refractivity contribution in [2.45, 2.75) is 26.7 Å². The van der Waals surface area contributed by atoms with E-state index in [1.54, 1.807) is 4.90 Å². The molecule has 0 aromatic heterocycles. The molecule has 1 aromatic carbocycles. The van der Waals surface area contributed by atoms with Crippen molar-refractivity contribution in [3.63, 3.8) is 0 Å². The van der Waals surface area contributed by atoms with Crippen molar-refractivity contribution in [1.82, 2.24) is 9.80 Å². The first-order valence-corrected chi connectivity index (χ1v) is 8.56. The first-order chi connectivity index (χ1) is 11.6. The van der Waals surface area contributed by atoms with Crippen LogP contribution in [0.1, 0.15) is 42.6 Å². The van der Waals surface area contributed by atoms with Crippen molar-refractivity contribution >= 4 is 17.6 Å². The molecule has 1 aliphatic rings. The van der Waals surface area contributed by atoms with Gasteiger partial charge >= 0.3 is 5.97 Å². The maximum Gasteiger partial charge on any atom is 0.307 e. The Kier molecular flexibility index (Phi) is 6.55. The Labute approximate surface area is 143 Å². The van der Waals surface area contributed by atoms with Crippen molar-refractivity contribution in [2.75, 3.05) is 32.8 Å². The average molecular weight is 330 g/mol. The van der Waals surface area contributed by atoms with Crippen LogP contribution in [0.2, 0.25) is 0 Å². The van der Waals surface area contributed by atoms with Gasteiger partial charge in [0.1, 0.15) is 0 Å². The zero-order valence-corrected chi connectivity index (χ0v) is 14.6. The van der Waals surface area contributed by atoms with E-state index in [2.05, 4.69) is 18.4 Å². The van der Waals surface area contributed by atoms with Crippen LogP contribution < -0.4 is 0 Å². The lowest BCUT2D eigenvalue weighted by Gasteiger charge is -2.25. The van der Waals surface area contributed by atoms with Gasteiger partial charge in [0.15, 0.2) is 0 Å². The van der Waals surface area contributed by atoms with Crippen molar-refractivity contribution in [2.24, 2.45) is 0 Å². The maximum atomic E-state index is 12.5. The van der Waals surface area contributed by atoms with E-state index < -0.39 is 0 Å². The highest BCUT2D eigenvalue weighted by atomic mass is 16.5. The third-order valence-corrected chi connectivity index (χ3v) is 4.16. The largest absolute Gasteiger partial charge is 0.466 e. The molecule has 1 amide bonds. The Morgan fingerprint density at radius 1 is 1.17 bits per heavy atom. The number of amides is 1. The molecule has 0 N–H and O–H groups in total. The molecule has 5 heteroatoms. The molecular formula is C19H26N2O3. The Bertz CT molecular complexity index is 577. The maximum absolute atomic E-state index is 12.5. The highest BCUT2D eigenvalue weighted by Crippen LogP contribution is 2.30. The van der Waals surface area contributed by atoms with Crippen LogP contribution in [0.4, 0.5) is 0 Å². The van der Waals surface area contributed by atoms with Gasteiger partial charge in [-0.2, -0.15) is 0 Å². The van der Waals surface area contributed by atoms with Crippen molar-refractivity contribution in [1.29, 1.82) is 0 Å². The van der Waals surface area contributed by atoms with Gasteiger partial charge in [-0.05, 0) is 26.0 Å². The fourth-order valence-corrected chi connectivity index (χ4v) is 2.95. The van der Waals surface area contributed by atoms with E-state index in [1.807, 2.05) is 31.2 Å². The number of fused-ring (bicyclic) bond motifs is 1. The third kappa shape index (κ3) is 4.23. The lowest BCUT2D eigenvalue weighted by atomic mass is 10.1. The van der Waals surface area contributed by atoms with Gasteiger partial charge in [-0.15, -0.1) is 0 Å². The van der Waals surface area contributed by atoms with E-state index >= 15 is 0 Å². The summed E-state index contributed by atoms with van der Waals surface area (Å²) in [5.74, 6) is -0.162. The Morgan fingerprint density at radius 2 is 1.88 bits per heavy atom. The minimum Gasteiger partial charge on any atom is -0.466 e. The predicted octanol–water partition coefficient (Wildman–Crippen LogP) is 2.78. The molecule has 24 heavy (non-hydrogen) atoms. The minimum atomic E-state index is -0.173. The lowest BCUT2D eigenvalue weighted by Crippen LogP contribution is -2.36. The van der Waals surface area contributed by atoms with Crippen LogP contribution in [0.15, 0.2) is 30.8 Å². The van der Waals surface area contributed by atoms with E-state index in [4.69, 9.17) is 4.74 Å². The molecule has 0 spiro atoms. The molecule has 0 saturated heterocycles. The van der Waals surface area contributed by atoms with E-state index in [1.165, 1.54) is 0 Å². The van der Waals surface area contributed by atoms with E-state index in [0.29, 0.717) is 32.7 Å². The van der Waals surface area contributed by atoms with Crippen LogP contribution in [0.5, 0.6) is 0 Å². The number of nitrogens with zero attached hydrogens (tertiary/aromatic N) is 2. The summed E-state index contributed by atoms with van der Waals surface area (Å²) in [7, 11) is 0. The van der Waals surface area contributed by atoms with Gasteiger partial charge in [-0.1, -0.05) is 31.7 Å². The second-order valence-corrected chi connectivity index (χ2v) is 5.85. The molecule has 0 atom stereocenters. The van der Waals surface area contributed by atoms with Gasteiger partial charge in [0.05, 0.1) is 13.0 Å². The third-order valence-electron chi connectivity index (χ3n) is 4.16. The zero-order chi connectivity index (χ0) is 17.5. The fourth-order valence-electron chi connectivity index (χ4n) is 2.95. The summed E-state index contributed by atoms with van der Waals surface area (Å²) in [6, 6.07) is 7.56. The van der Waals surface area contributed by atoms with Gasteiger partial charge in [0.2, 0.25) is 0 Å². The number of hydrogen-bond acceptors (Lipinski definition) is 4. The molecule has 0 saturated carbocycles. The molecule has 0 fully saturated rings. The Morgan fingerprint density at radius 3 is 2.50 bits per heavy atom. The van der Waals surface area contributed by atoms with E-state index in [0.717, 1.165) is 29.8 Å². The molecular weight excluding hydrogens is 304 g/mol. The summed E-state index contributed by atoms with van der Waals surface area (Å²) in [5.41, 5.74) is 2.39. The normalized spacial score (nSPS) is 13.5. The van der Waals surface area contributed by atoms with Crippen LogP contribution in [0.3, 0.4) is 0 Å². The summed E-state index contributed by atoms with van der Waals surface area (Å²) >= 11 is 0. The molecule has 0 aliphatic carbocycles. The first-order valence-electron chi connectivity index (χ1n) is 8.56. The predicted molar refractivity (Wildman–Crippen MR) is 94.5 cm³/mol. The molecule has 0 bridgehead atoms. The fraction of sp³-hybridized carbons (Fsp3) is 0.474. The molecule has 1 heterocycles.